The Labute approximate surface area is 242 Å². The lowest BCUT2D eigenvalue weighted by atomic mass is 9.90. The van der Waals surface area contributed by atoms with Crippen molar-refractivity contribution in [1.82, 2.24) is 15.3 Å². The summed E-state index contributed by atoms with van der Waals surface area (Å²) in [5, 5.41) is 3.33. The zero-order valence-electron chi connectivity index (χ0n) is 23.7. The third kappa shape index (κ3) is 5.52. The van der Waals surface area contributed by atoms with Crippen LogP contribution in [0.1, 0.15) is 49.4 Å². The van der Waals surface area contributed by atoms with E-state index < -0.39 is 11.7 Å². The standard InChI is InChI=1S/C33H30F3N3O3/c1-19-21(11-12-22-16-30(41-3)23(18-40)15-28(22)33(34,35)36)7-5-8-24(19)25-9-6-10-26(20(25)2)31-38-29-13-14-37-17-27(29)32(39-31)42-4/h5-12,15-16,18,37H,13-14,17H2,1-4H3/b12-11+. The lowest BCUT2D eigenvalue weighted by Gasteiger charge is -2.20. The van der Waals surface area contributed by atoms with Gasteiger partial charge in [0.1, 0.15) is 5.75 Å². The molecule has 4 aromatic rings. The first-order valence-corrected chi connectivity index (χ1v) is 13.4. The highest BCUT2D eigenvalue weighted by Crippen LogP contribution is 2.38. The van der Waals surface area contributed by atoms with Crippen molar-refractivity contribution < 1.29 is 27.4 Å². The highest BCUT2D eigenvalue weighted by atomic mass is 19.4. The predicted octanol–water partition coefficient (Wildman–Crippen LogP) is 7.09. The maximum absolute atomic E-state index is 13.8. The van der Waals surface area contributed by atoms with E-state index in [2.05, 4.69) is 5.32 Å². The summed E-state index contributed by atoms with van der Waals surface area (Å²) in [7, 11) is 2.92. The molecule has 0 spiro atoms. The number of methoxy groups -OCH3 is 2. The number of carbonyl (C=O) groups is 1. The van der Waals surface area contributed by atoms with Crippen LogP contribution in [-0.4, -0.2) is 37.0 Å². The van der Waals surface area contributed by atoms with Crippen LogP contribution in [-0.2, 0) is 19.1 Å². The monoisotopic (exact) mass is 573 g/mol. The van der Waals surface area contributed by atoms with Crippen LogP contribution in [0, 0.1) is 13.8 Å². The van der Waals surface area contributed by atoms with Gasteiger partial charge < -0.3 is 14.8 Å². The molecule has 0 saturated heterocycles. The molecule has 42 heavy (non-hydrogen) atoms. The zero-order chi connectivity index (χ0) is 30.0. The van der Waals surface area contributed by atoms with E-state index >= 15 is 0 Å². The van der Waals surface area contributed by atoms with E-state index in [1.807, 2.05) is 50.2 Å². The lowest BCUT2D eigenvalue weighted by Crippen LogP contribution is -2.25. The highest BCUT2D eigenvalue weighted by Gasteiger charge is 2.34. The summed E-state index contributed by atoms with van der Waals surface area (Å²) in [4.78, 5) is 20.9. The van der Waals surface area contributed by atoms with E-state index in [0.29, 0.717) is 24.5 Å². The van der Waals surface area contributed by atoms with Crippen molar-refractivity contribution >= 4 is 18.4 Å². The van der Waals surface area contributed by atoms with Gasteiger partial charge in [0.05, 0.1) is 31.0 Å². The summed E-state index contributed by atoms with van der Waals surface area (Å²) in [6.45, 7) is 5.45. The maximum atomic E-state index is 13.8. The van der Waals surface area contributed by atoms with Gasteiger partial charge >= 0.3 is 6.18 Å². The van der Waals surface area contributed by atoms with Gasteiger partial charge in [0, 0.05) is 30.6 Å². The van der Waals surface area contributed by atoms with E-state index in [9.17, 15) is 18.0 Å². The number of aromatic nitrogens is 2. The number of carbonyl (C=O) groups excluding carboxylic acids is 1. The molecule has 6 nitrogen and oxygen atoms in total. The van der Waals surface area contributed by atoms with E-state index in [4.69, 9.17) is 19.4 Å². The largest absolute Gasteiger partial charge is 0.496 e. The Balaban J connectivity index is 1.56. The molecular formula is C33H30F3N3O3. The maximum Gasteiger partial charge on any atom is 0.417 e. The van der Waals surface area contributed by atoms with Gasteiger partial charge in [-0.05, 0) is 59.4 Å². The third-order valence-corrected chi connectivity index (χ3v) is 7.61. The average Bonchev–Trinajstić information content (AvgIpc) is 2.99. The zero-order valence-corrected chi connectivity index (χ0v) is 23.7. The first-order valence-electron chi connectivity index (χ1n) is 13.4. The van der Waals surface area contributed by atoms with Crippen LogP contribution in [0.4, 0.5) is 13.2 Å². The molecule has 0 unspecified atom stereocenters. The Bertz CT molecular complexity index is 1680. The molecule has 0 saturated carbocycles. The van der Waals surface area contributed by atoms with Crippen molar-refractivity contribution in [2.75, 3.05) is 20.8 Å². The molecule has 0 aliphatic carbocycles. The molecule has 2 heterocycles. The number of nitrogens with zero attached hydrogens (tertiary/aromatic N) is 2. The van der Waals surface area contributed by atoms with Crippen molar-refractivity contribution in [1.29, 1.82) is 0 Å². The van der Waals surface area contributed by atoms with Gasteiger partial charge in [0.15, 0.2) is 12.1 Å². The summed E-state index contributed by atoms with van der Waals surface area (Å²) in [6.07, 6.45) is -0.455. The number of rotatable bonds is 7. The summed E-state index contributed by atoms with van der Waals surface area (Å²) in [6, 6.07) is 13.7. The summed E-state index contributed by atoms with van der Waals surface area (Å²) < 4.78 is 52.3. The minimum absolute atomic E-state index is 0.0767. The van der Waals surface area contributed by atoms with Crippen LogP contribution in [0.5, 0.6) is 11.6 Å². The number of halogens is 3. The molecule has 1 aliphatic rings. The molecule has 1 aliphatic heterocycles. The molecule has 216 valence electrons. The Morgan fingerprint density at radius 3 is 2.24 bits per heavy atom. The van der Waals surface area contributed by atoms with Crippen LogP contribution in [0.25, 0.3) is 34.7 Å². The highest BCUT2D eigenvalue weighted by molar-refractivity contribution is 5.84. The third-order valence-electron chi connectivity index (χ3n) is 7.61. The number of nitrogens with one attached hydrogen (secondary N) is 1. The minimum atomic E-state index is -4.64. The second kappa shape index (κ2) is 11.8. The van der Waals surface area contributed by atoms with Gasteiger partial charge in [-0.1, -0.05) is 48.6 Å². The van der Waals surface area contributed by atoms with Crippen molar-refractivity contribution in [2.24, 2.45) is 0 Å². The van der Waals surface area contributed by atoms with Gasteiger partial charge in [0.2, 0.25) is 5.88 Å². The second-order valence-electron chi connectivity index (χ2n) is 10.0. The van der Waals surface area contributed by atoms with E-state index in [-0.39, 0.29) is 16.9 Å². The van der Waals surface area contributed by atoms with Crippen LogP contribution in [0.2, 0.25) is 0 Å². The number of alkyl halides is 3. The molecule has 0 bridgehead atoms. The molecule has 0 radical (unpaired) electrons. The molecular weight excluding hydrogens is 543 g/mol. The number of benzene rings is 3. The average molecular weight is 574 g/mol. The molecule has 5 rings (SSSR count). The number of ether oxygens (including phenoxy) is 2. The quantitative estimate of drug-likeness (QED) is 0.188. The molecule has 1 N–H and O–H groups in total. The number of fused-ring (bicyclic) bond motifs is 1. The Morgan fingerprint density at radius 1 is 0.857 bits per heavy atom. The van der Waals surface area contributed by atoms with Crippen molar-refractivity contribution in [3.63, 3.8) is 0 Å². The van der Waals surface area contributed by atoms with Crippen molar-refractivity contribution in [3.05, 3.63) is 93.2 Å². The molecule has 3 aromatic carbocycles. The van der Waals surface area contributed by atoms with Crippen LogP contribution in [0.15, 0.2) is 48.5 Å². The topological polar surface area (TPSA) is 73.3 Å². The summed E-state index contributed by atoms with van der Waals surface area (Å²) in [5.41, 5.74) is 6.20. The van der Waals surface area contributed by atoms with Crippen LogP contribution < -0.4 is 14.8 Å². The number of aldehydes is 1. The molecule has 0 atom stereocenters. The fourth-order valence-electron chi connectivity index (χ4n) is 5.34. The van der Waals surface area contributed by atoms with Gasteiger partial charge in [-0.2, -0.15) is 18.2 Å². The molecule has 0 amide bonds. The number of hydrogen-bond donors (Lipinski definition) is 1. The second-order valence-corrected chi connectivity index (χ2v) is 10.0. The van der Waals surface area contributed by atoms with E-state index in [1.165, 1.54) is 19.3 Å². The summed E-state index contributed by atoms with van der Waals surface area (Å²) >= 11 is 0. The Kier molecular flexibility index (Phi) is 8.13. The molecule has 9 heteroatoms. The Morgan fingerprint density at radius 2 is 1.55 bits per heavy atom. The lowest BCUT2D eigenvalue weighted by molar-refractivity contribution is -0.137. The SMILES string of the molecule is COc1cc(/C=C/c2cccc(-c3cccc(-c4nc5c(c(OC)n4)CNCC5)c3C)c2C)c(C(F)(F)F)cc1C=O. The van der Waals surface area contributed by atoms with Crippen molar-refractivity contribution in [3.8, 4) is 34.1 Å². The van der Waals surface area contributed by atoms with Gasteiger partial charge in [-0.3, -0.25) is 4.79 Å². The smallest absolute Gasteiger partial charge is 0.417 e. The Hall–Kier alpha value is -4.50. The fraction of sp³-hybridized carbons (Fsp3) is 0.242. The minimum Gasteiger partial charge on any atom is -0.496 e. The molecule has 0 fully saturated rings. The molecule has 1 aromatic heterocycles. The van der Waals surface area contributed by atoms with E-state index in [0.717, 1.165) is 63.7 Å². The van der Waals surface area contributed by atoms with E-state index in [1.54, 1.807) is 13.2 Å². The van der Waals surface area contributed by atoms with Gasteiger partial charge in [-0.25, -0.2) is 4.98 Å². The normalized spacial score (nSPS) is 13.2. The summed E-state index contributed by atoms with van der Waals surface area (Å²) in [5.74, 6) is 1.23. The van der Waals surface area contributed by atoms with Crippen LogP contribution in [0.3, 0.4) is 0 Å². The number of hydrogen-bond acceptors (Lipinski definition) is 6. The van der Waals surface area contributed by atoms with Crippen molar-refractivity contribution in [2.45, 2.75) is 33.0 Å². The van der Waals surface area contributed by atoms with Gasteiger partial charge in [0.25, 0.3) is 0 Å². The van der Waals surface area contributed by atoms with Crippen LogP contribution >= 0.6 is 0 Å². The predicted molar refractivity (Wildman–Crippen MR) is 157 cm³/mol. The first-order chi connectivity index (χ1) is 20.2. The fourth-order valence-corrected chi connectivity index (χ4v) is 5.34. The van der Waals surface area contributed by atoms with Gasteiger partial charge in [-0.15, -0.1) is 0 Å². The first kappa shape index (κ1) is 29.0.